The van der Waals surface area contributed by atoms with E-state index < -0.39 is 0 Å². The molecule has 0 saturated heterocycles. The fourth-order valence-corrected chi connectivity index (χ4v) is 3.07. The van der Waals surface area contributed by atoms with Gasteiger partial charge in [0.05, 0.1) is 5.69 Å². The lowest BCUT2D eigenvalue weighted by molar-refractivity contribution is -0.117. The Bertz CT molecular complexity index is 692. The van der Waals surface area contributed by atoms with Crippen molar-refractivity contribution in [2.75, 3.05) is 18.1 Å². The Morgan fingerprint density at radius 3 is 2.46 bits per heavy atom. The van der Waals surface area contributed by atoms with E-state index in [4.69, 9.17) is 5.73 Å². The first-order valence-electron chi connectivity index (χ1n) is 7.62. The average Bonchev–Trinajstić information content (AvgIpc) is 2.57. The third kappa shape index (κ3) is 5.62. The average molecular weight is 343 g/mol. The fourth-order valence-electron chi connectivity index (χ4n) is 2.10. The number of para-hydroxylation sites is 1. The van der Waals surface area contributed by atoms with Crippen molar-refractivity contribution >= 4 is 29.4 Å². The zero-order chi connectivity index (χ0) is 17.4. The predicted molar refractivity (Wildman–Crippen MR) is 97.9 cm³/mol. The largest absolute Gasteiger partial charge is 0.370 e. The molecule has 0 heterocycles. The number of carbonyl (C=O) groups excluding carboxylic acids is 2. The van der Waals surface area contributed by atoms with Gasteiger partial charge in [0, 0.05) is 30.7 Å². The Morgan fingerprint density at radius 2 is 1.75 bits per heavy atom. The number of carbonyl (C=O) groups is 2. The molecule has 0 aromatic heterocycles. The highest BCUT2D eigenvalue weighted by Crippen LogP contribution is 2.27. The summed E-state index contributed by atoms with van der Waals surface area (Å²) in [6.45, 7) is 0.531. The van der Waals surface area contributed by atoms with E-state index in [0.717, 1.165) is 16.1 Å². The third-order valence-electron chi connectivity index (χ3n) is 3.34. The van der Waals surface area contributed by atoms with Crippen molar-refractivity contribution in [3.8, 4) is 0 Å². The molecule has 3 N–H and O–H groups in total. The SMILES string of the molecule is CN(Cc1ccccc1)C(=O)Nc1ccccc1SCCC(N)=O. The first-order valence-corrected chi connectivity index (χ1v) is 8.61. The van der Waals surface area contributed by atoms with E-state index in [0.29, 0.717) is 18.7 Å². The van der Waals surface area contributed by atoms with Gasteiger partial charge in [0.25, 0.3) is 0 Å². The van der Waals surface area contributed by atoms with Crippen LogP contribution in [0.1, 0.15) is 12.0 Å². The molecule has 0 fully saturated rings. The van der Waals surface area contributed by atoms with Crippen molar-refractivity contribution in [3.63, 3.8) is 0 Å². The quantitative estimate of drug-likeness (QED) is 0.757. The van der Waals surface area contributed by atoms with Crippen molar-refractivity contribution in [1.29, 1.82) is 0 Å². The van der Waals surface area contributed by atoms with Gasteiger partial charge in [-0.05, 0) is 17.7 Å². The van der Waals surface area contributed by atoms with Crippen LogP contribution in [0.15, 0.2) is 59.5 Å². The van der Waals surface area contributed by atoms with Crippen LogP contribution in [0.2, 0.25) is 0 Å². The van der Waals surface area contributed by atoms with E-state index in [9.17, 15) is 9.59 Å². The van der Waals surface area contributed by atoms with Crippen LogP contribution in [0.3, 0.4) is 0 Å². The lowest BCUT2D eigenvalue weighted by Gasteiger charge is -2.19. The van der Waals surface area contributed by atoms with Crippen molar-refractivity contribution in [1.82, 2.24) is 4.90 Å². The lowest BCUT2D eigenvalue weighted by atomic mass is 10.2. The second-order valence-electron chi connectivity index (χ2n) is 5.33. The van der Waals surface area contributed by atoms with E-state index in [-0.39, 0.29) is 11.9 Å². The molecule has 0 atom stereocenters. The van der Waals surface area contributed by atoms with Gasteiger partial charge in [0.1, 0.15) is 0 Å². The van der Waals surface area contributed by atoms with Crippen LogP contribution in [-0.2, 0) is 11.3 Å². The van der Waals surface area contributed by atoms with Crippen LogP contribution in [0.4, 0.5) is 10.5 Å². The highest BCUT2D eigenvalue weighted by molar-refractivity contribution is 7.99. The van der Waals surface area contributed by atoms with Crippen LogP contribution in [0, 0.1) is 0 Å². The van der Waals surface area contributed by atoms with Gasteiger partial charge in [-0.1, -0.05) is 42.5 Å². The predicted octanol–water partition coefficient (Wildman–Crippen LogP) is 3.32. The molecule has 6 heteroatoms. The van der Waals surface area contributed by atoms with Crippen LogP contribution >= 0.6 is 11.8 Å². The molecule has 2 rings (SSSR count). The minimum atomic E-state index is -0.327. The number of hydrogen-bond donors (Lipinski definition) is 2. The number of primary amides is 1. The van der Waals surface area contributed by atoms with Crippen LogP contribution in [0.5, 0.6) is 0 Å². The van der Waals surface area contributed by atoms with Gasteiger partial charge in [-0.15, -0.1) is 11.8 Å². The molecule has 5 nitrogen and oxygen atoms in total. The molecule has 0 aliphatic rings. The highest BCUT2D eigenvalue weighted by Gasteiger charge is 2.12. The number of nitrogens with one attached hydrogen (secondary N) is 1. The summed E-state index contributed by atoms with van der Waals surface area (Å²) in [5.74, 6) is 0.258. The van der Waals surface area contributed by atoms with Crippen molar-refractivity contribution in [3.05, 3.63) is 60.2 Å². The number of benzene rings is 2. The Morgan fingerprint density at radius 1 is 1.08 bits per heavy atom. The summed E-state index contributed by atoms with van der Waals surface area (Å²) in [6.07, 6.45) is 0.306. The monoisotopic (exact) mass is 343 g/mol. The van der Waals surface area contributed by atoms with Gasteiger partial charge >= 0.3 is 6.03 Å². The number of hydrogen-bond acceptors (Lipinski definition) is 3. The van der Waals surface area contributed by atoms with Crippen molar-refractivity contribution < 1.29 is 9.59 Å². The number of amides is 3. The highest BCUT2D eigenvalue weighted by atomic mass is 32.2. The van der Waals surface area contributed by atoms with Gasteiger partial charge in [0.15, 0.2) is 0 Å². The minimum Gasteiger partial charge on any atom is -0.370 e. The molecule has 126 valence electrons. The van der Waals surface area contributed by atoms with Gasteiger partial charge in [-0.3, -0.25) is 4.79 Å². The second kappa shape index (κ2) is 8.98. The van der Waals surface area contributed by atoms with Gasteiger partial charge in [-0.25, -0.2) is 4.79 Å². The molecule has 0 spiro atoms. The molecule has 3 amide bonds. The summed E-state index contributed by atoms with van der Waals surface area (Å²) in [7, 11) is 1.76. The van der Waals surface area contributed by atoms with Crippen LogP contribution < -0.4 is 11.1 Å². The van der Waals surface area contributed by atoms with Crippen LogP contribution in [-0.4, -0.2) is 29.6 Å². The van der Waals surface area contributed by atoms with E-state index in [1.165, 1.54) is 11.8 Å². The maximum atomic E-state index is 12.4. The summed E-state index contributed by atoms with van der Waals surface area (Å²) in [6, 6.07) is 17.2. The smallest absolute Gasteiger partial charge is 0.321 e. The Kier molecular flexibility index (Phi) is 6.69. The molecule has 0 aliphatic heterocycles. The molecule has 0 unspecified atom stereocenters. The number of anilines is 1. The van der Waals surface area contributed by atoms with Gasteiger partial charge in [0.2, 0.25) is 5.91 Å². The van der Waals surface area contributed by atoms with Crippen molar-refractivity contribution in [2.24, 2.45) is 5.73 Å². The molecule has 0 radical (unpaired) electrons. The molecular weight excluding hydrogens is 322 g/mol. The maximum absolute atomic E-state index is 12.4. The van der Waals surface area contributed by atoms with Crippen molar-refractivity contribution in [2.45, 2.75) is 17.9 Å². The number of nitrogens with zero attached hydrogens (tertiary/aromatic N) is 1. The Balaban J connectivity index is 1.96. The van der Waals surface area contributed by atoms with E-state index in [1.807, 2.05) is 54.6 Å². The molecule has 0 saturated carbocycles. The van der Waals surface area contributed by atoms with Crippen LogP contribution in [0.25, 0.3) is 0 Å². The van der Waals surface area contributed by atoms with E-state index in [2.05, 4.69) is 5.32 Å². The molecular formula is C18H21N3O2S. The summed E-state index contributed by atoms with van der Waals surface area (Å²) in [5, 5.41) is 2.92. The minimum absolute atomic E-state index is 0.179. The molecule has 0 bridgehead atoms. The molecule has 0 aliphatic carbocycles. The second-order valence-corrected chi connectivity index (χ2v) is 6.47. The third-order valence-corrected chi connectivity index (χ3v) is 4.42. The summed E-state index contributed by atoms with van der Waals surface area (Å²) < 4.78 is 0. The number of nitrogens with two attached hydrogens (primary N) is 1. The zero-order valence-corrected chi connectivity index (χ0v) is 14.4. The molecule has 2 aromatic carbocycles. The zero-order valence-electron chi connectivity index (χ0n) is 13.6. The Hall–Kier alpha value is -2.47. The van der Waals surface area contributed by atoms with E-state index >= 15 is 0 Å². The van der Waals surface area contributed by atoms with Gasteiger partial charge in [-0.2, -0.15) is 0 Å². The molecule has 24 heavy (non-hydrogen) atoms. The lowest BCUT2D eigenvalue weighted by Crippen LogP contribution is -2.31. The standard InChI is InChI=1S/C18H21N3O2S/c1-21(13-14-7-3-2-4-8-14)18(23)20-15-9-5-6-10-16(15)24-12-11-17(19)22/h2-10H,11-13H2,1H3,(H2,19,22)(H,20,23). The Labute approximate surface area is 146 Å². The topological polar surface area (TPSA) is 75.4 Å². The summed E-state index contributed by atoms with van der Waals surface area (Å²) in [4.78, 5) is 25.8. The normalized spacial score (nSPS) is 10.2. The van der Waals surface area contributed by atoms with Gasteiger partial charge < -0.3 is 16.0 Å². The first kappa shape index (κ1) is 17.9. The first-order chi connectivity index (χ1) is 11.6. The maximum Gasteiger partial charge on any atom is 0.321 e. The number of urea groups is 1. The van der Waals surface area contributed by atoms with E-state index in [1.54, 1.807) is 11.9 Å². The summed E-state index contributed by atoms with van der Waals surface area (Å²) >= 11 is 1.50. The number of thioether (sulfide) groups is 1. The fraction of sp³-hybridized carbons (Fsp3) is 0.222. The molecule has 2 aromatic rings. The summed E-state index contributed by atoms with van der Waals surface area (Å²) in [5.41, 5.74) is 6.96. The number of rotatable bonds is 7.